The number of carbonyl (C=O) groups is 1. The zero-order valence-corrected chi connectivity index (χ0v) is 11.0. The first-order chi connectivity index (χ1) is 7.50. The van der Waals surface area contributed by atoms with E-state index in [0.717, 1.165) is 32.4 Å². The predicted molar refractivity (Wildman–Crippen MR) is 65.2 cm³/mol. The van der Waals surface area contributed by atoms with E-state index in [0.29, 0.717) is 5.92 Å². The topological polar surface area (TPSA) is 38.3 Å². The fourth-order valence-corrected chi connectivity index (χ4v) is 2.38. The molecular formula is C13H25NO2. The van der Waals surface area contributed by atoms with E-state index in [4.69, 9.17) is 4.74 Å². The van der Waals surface area contributed by atoms with Crippen molar-refractivity contribution in [1.82, 2.24) is 5.32 Å². The minimum absolute atomic E-state index is 0.00634. The highest BCUT2D eigenvalue weighted by Gasteiger charge is 2.41. The second-order valence-corrected chi connectivity index (χ2v) is 5.41. The first-order valence-electron chi connectivity index (χ1n) is 6.42. The Labute approximate surface area is 98.9 Å². The third-order valence-electron chi connectivity index (χ3n) is 3.47. The highest BCUT2D eigenvalue weighted by molar-refractivity contribution is 5.77. The summed E-state index contributed by atoms with van der Waals surface area (Å²) in [5.74, 6) is 0.565. The second kappa shape index (κ2) is 5.67. The van der Waals surface area contributed by atoms with Gasteiger partial charge in [0.25, 0.3) is 0 Å². The zero-order valence-electron chi connectivity index (χ0n) is 11.0. The van der Waals surface area contributed by atoms with Crippen LogP contribution in [-0.2, 0) is 9.53 Å². The quantitative estimate of drug-likeness (QED) is 0.733. The first kappa shape index (κ1) is 13.5. The van der Waals surface area contributed by atoms with Gasteiger partial charge in [-0.2, -0.15) is 0 Å². The molecule has 0 saturated carbocycles. The van der Waals surface area contributed by atoms with Gasteiger partial charge in [-0.1, -0.05) is 20.8 Å². The van der Waals surface area contributed by atoms with Crippen molar-refractivity contribution in [3.8, 4) is 0 Å². The summed E-state index contributed by atoms with van der Waals surface area (Å²) < 4.78 is 5.56. The first-order valence-corrected chi connectivity index (χ1v) is 6.42. The molecule has 2 unspecified atom stereocenters. The molecule has 0 aromatic rings. The van der Waals surface area contributed by atoms with Crippen LogP contribution in [0.25, 0.3) is 0 Å². The van der Waals surface area contributed by atoms with Crippen molar-refractivity contribution in [3.05, 3.63) is 0 Å². The van der Waals surface area contributed by atoms with Crippen molar-refractivity contribution >= 4 is 5.97 Å². The van der Waals surface area contributed by atoms with E-state index in [1.807, 2.05) is 6.92 Å². The second-order valence-electron chi connectivity index (χ2n) is 5.41. The third-order valence-corrected chi connectivity index (χ3v) is 3.47. The molecule has 1 rings (SSSR count). The van der Waals surface area contributed by atoms with Gasteiger partial charge in [-0.15, -0.1) is 0 Å². The summed E-state index contributed by atoms with van der Waals surface area (Å²) in [5.41, 5.74) is -0.259. The molecule has 3 nitrogen and oxygen atoms in total. The molecule has 0 aliphatic carbocycles. The zero-order chi connectivity index (χ0) is 12.2. The normalized spacial score (nSPS) is 27.1. The molecule has 1 saturated heterocycles. The Morgan fingerprint density at radius 1 is 1.44 bits per heavy atom. The van der Waals surface area contributed by atoms with Crippen LogP contribution >= 0.6 is 0 Å². The van der Waals surface area contributed by atoms with E-state index >= 15 is 0 Å². The van der Waals surface area contributed by atoms with Gasteiger partial charge in [0.15, 0.2) is 0 Å². The predicted octanol–water partition coefficient (Wildman–Crippen LogP) is 2.35. The third kappa shape index (κ3) is 3.21. The molecule has 94 valence electrons. The van der Waals surface area contributed by atoms with Gasteiger partial charge in [0.1, 0.15) is 0 Å². The average Bonchev–Trinajstić information content (AvgIpc) is 2.65. The lowest BCUT2D eigenvalue weighted by Crippen LogP contribution is -2.36. The van der Waals surface area contributed by atoms with Crippen molar-refractivity contribution in [1.29, 1.82) is 0 Å². The Kier molecular flexibility index (Phi) is 4.78. The van der Waals surface area contributed by atoms with Crippen LogP contribution in [0.1, 0.15) is 47.0 Å². The van der Waals surface area contributed by atoms with Crippen LogP contribution in [-0.4, -0.2) is 25.2 Å². The standard InChI is InChI=1S/C13H25NO2/c1-5-13(6-7-14-9-13)12(15)16-11(4)8-10(2)3/h10-11,14H,5-9H2,1-4H3. The van der Waals surface area contributed by atoms with E-state index in [2.05, 4.69) is 26.1 Å². The lowest BCUT2D eigenvalue weighted by molar-refractivity contribution is -0.160. The summed E-state index contributed by atoms with van der Waals surface area (Å²) in [6.07, 6.45) is 2.76. The highest BCUT2D eigenvalue weighted by atomic mass is 16.5. The van der Waals surface area contributed by atoms with E-state index in [1.54, 1.807) is 0 Å². The van der Waals surface area contributed by atoms with Crippen LogP contribution in [0.2, 0.25) is 0 Å². The maximum Gasteiger partial charge on any atom is 0.313 e. The Morgan fingerprint density at radius 2 is 2.12 bits per heavy atom. The smallest absolute Gasteiger partial charge is 0.313 e. The van der Waals surface area contributed by atoms with E-state index in [-0.39, 0.29) is 17.5 Å². The van der Waals surface area contributed by atoms with Crippen LogP contribution in [0.15, 0.2) is 0 Å². The summed E-state index contributed by atoms with van der Waals surface area (Å²) in [6, 6.07) is 0. The van der Waals surface area contributed by atoms with Crippen molar-refractivity contribution in [2.75, 3.05) is 13.1 Å². The van der Waals surface area contributed by atoms with Crippen molar-refractivity contribution < 1.29 is 9.53 Å². The summed E-state index contributed by atoms with van der Waals surface area (Å²) in [5, 5.41) is 3.26. The minimum Gasteiger partial charge on any atom is -0.462 e. The van der Waals surface area contributed by atoms with Crippen LogP contribution in [0.5, 0.6) is 0 Å². The van der Waals surface area contributed by atoms with Gasteiger partial charge in [0.2, 0.25) is 0 Å². The van der Waals surface area contributed by atoms with Crippen LogP contribution in [0.4, 0.5) is 0 Å². The van der Waals surface area contributed by atoms with Crippen molar-refractivity contribution in [2.45, 2.75) is 53.1 Å². The number of rotatable bonds is 5. The lowest BCUT2D eigenvalue weighted by atomic mass is 9.84. The minimum atomic E-state index is -0.259. The van der Waals surface area contributed by atoms with Gasteiger partial charge >= 0.3 is 5.97 Å². The lowest BCUT2D eigenvalue weighted by Gasteiger charge is -2.26. The largest absolute Gasteiger partial charge is 0.462 e. The van der Waals surface area contributed by atoms with Gasteiger partial charge < -0.3 is 10.1 Å². The van der Waals surface area contributed by atoms with Gasteiger partial charge in [-0.25, -0.2) is 0 Å². The fourth-order valence-electron chi connectivity index (χ4n) is 2.38. The number of carbonyl (C=O) groups excluding carboxylic acids is 1. The van der Waals surface area contributed by atoms with E-state index in [1.165, 1.54) is 0 Å². The monoisotopic (exact) mass is 227 g/mol. The van der Waals surface area contributed by atoms with E-state index in [9.17, 15) is 4.79 Å². The summed E-state index contributed by atoms with van der Waals surface area (Å²) in [4.78, 5) is 12.1. The Balaban J connectivity index is 2.50. The highest BCUT2D eigenvalue weighted by Crippen LogP contribution is 2.31. The van der Waals surface area contributed by atoms with Gasteiger partial charge in [0.05, 0.1) is 11.5 Å². The molecular weight excluding hydrogens is 202 g/mol. The molecule has 0 aromatic heterocycles. The molecule has 1 heterocycles. The fraction of sp³-hybridized carbons (Fsp3) is 0.923. The maximum absolute atomic E-state index is 12.1. The molecule has 0 bridgehead atoms. The molecule has 2 atom stereocenters. The molecule has 16 heavy (non-hydrogen) atoms. The average molecular weight is 227 g/mol. The number of ether oxygens (including phenoxy) is 1. The van der Waals surface area contributed by atoms with Gasteiger partial charge in [-0.05, 0) is 38.6 Å². The number of hydrogen-bond donors (Lipinski definition) is 1. The number of nitrogens with one attached hydrogen (secondary N) is 1. The Morgan fingerprint density at radius 3 is 2.56 bits per heavy atom. The van der Waals surface area contributed by atoms with Gasteiger partial charge in [-0.3, -0.25) is 4.79 Å². The molecule has 0 spiro atoms. The molecule has 1 aliphatic rings. The molecule has 1 aliphatic heterocycles. The molecule has 0 aromatic carbocycles. The molecule has 1 N–H and O–H groups in total. The Hall–Kier alpha value is -0.570. The SMILES string of the molecule is CCC1(C(=O)OC(C)CC(C)C)CCNC1. The molecule has 3 heteroatoms. The summed E-state index contributed by atoms with van der Waals surface area (Å²) >= 11 is 0. The molecule has 0 amide bonds. The summed E-state index contributed by atoms with van der Waals surface area (Å²) in [6.45, 7) is 10.1. The number of esters is 1. The molecule has 0 radical (unpaired) electrons. The molecule has 1 fully saturated rings. The Bertz CT molecular complexity index is 232. The van der Waals surface area contributed by atoms with Crippen LogP contribution < -0.4 is 5.32 Å². The van der Waals surface area contributed by atoms with Crippen LogP contribution in [0.3, 0.4) is 0 Å². The van der Waals surface area contributed by atoms with Crippen molar-refractivity contribution in [3.63, 3.8) is 0 Å². The van der Waals surface area contributed by atoms with Crippen LogP contribution in [0, 0.1) is 11.3 Å². The van der Waals surface area contributed by atoms with Gasteiger partial charge in [0, 0.05) is 6.54 Å². The van der Waals surface area contributed by atoms with Crippen molar-refractivity contribution in [2.24, 2.45) is 11.3 Å². The summed E-state index contributed by atoms with van der Waals surface area (Å²) in [7, 11) is 0. The van der Waals surface area contributed by atoms with E-state index < -0.39 is 0 Å². The number of hydrogen-bond acceptors (Lipinski definition) is 3. The maximum atomic E-state index is 12.1.